The van der Waals surface area contributed by atoms with Gasteiger partial charge in [-0.1, -0.05) is 38.1 Å². The van der Waals surface area contributed by atoms with Gasteiger partial charge in [0.1, 0.15) is 0 Å². The van der Waals surface area contributed by atoms with Gasteiger partial charge in [0.05, 0.1) is 11.6 Å². The molecule has 66 valence electrons. The highest BCUT2D eigenvalue weighted by molar-refractivity contribution is 5.52. The van der Waals surface area contributed by atoms with Gasteiger partial charge in [-0.3, -0.25) is 0 Å². The fraction of sp³-hybridized carbons (Fsp3) is 0.250. The Bertz CT molecular complexity index is 345. The van der Waals surface area contributed by atoms with Crippen LogP contribution in [0.4, 0.5) is 0 Å². The molecule has 1 aromatic carbocycles. The largest absolute Gasteiger partial charge is 0.192 e. The Balaban J connectivity index is 3.09. The Hall–Kier alpha value is -1.55. The topological polar surface area (TPSA) is 23.8 Å². The molecule has 0 aromatic heterocycles. The molecule has 0 heterocycles. The molecular formula is C12H13N. The number of hydrogen-bond acceptors (Lipinski definition) is 1. The highest BCUT2D eigenvalue weighted by Gasteiger charge is 2.00. The molecule has 0 N–H and O–H groups in total. The second-order valence-corrected chi connectivity index (χ2v) is 2.98. The normalized spacial score (nSPS) is 9.23. The van der Waals surface area contributed by atoms with Crippen molar-refractivity contribution in [3.05, 3.63) is 41.5 Å². The first-order valence-electron chi connectivity index (χ1n) is 4.47. The third kappa shape index (κ3) is 2.19. The maximum Gasteiger partial charge on any atom is 0.0994 e. The van der Waals surface area contributed by atoms with E-state index >= 15 is 0 Å². The van der Waals surface area contributed by atoms with Gasteiger partial charge < -0.3 is 0 Å². The van der Waals surface area contributed by atoms with Crippen LogP contribution in [0.1, 0.15) is 30.0 Å². The van der Waals surface area contributed by atoms with Gasteiger partial charge in [-0.2, -0.15) is 5.26 Å². The molecule has 1 nitrogen and oxygen atoms in total. The van der Waals surface area contributed by atoms with E-state index < -0.39 is 0 Å². The third-order valence-corrected chi connectivity index (χ3v) is 2.01. The average Bonchev–Trinajstić information content (AvgIpc) is 2.19. The zero-order valence-electron chi connectivity index (χ0n) is 7.88. The number of aryl methyl sites for hydroxylation is 1. The van der Waals surface area contributed by atoms with E-state index in [2.05, 4.69) is 19.6 Å². The molecule has 0 saturated carbocycles. The van der Waals surface area contributed by atoms with Crippen molar-refractivity contribution in [1.82, 2.24) is 0 Å². The van der Waals surface area contributed by atoms with Gasteiger partial charge in [0.2, 0.25) is 0 Å². The Kier molecular flexibility index (Phi) is 3.28. The van der Waals surface area contributed by atoms with E-state index in [-0.39, 0.29) is 0 Å². The van der Waals surface area contributed by atoms with E-state index in [0.717, 1.165) is 29.5 Å². The Morgan fingerprint density at radius 1 is 1.54 bits per heavy atom. The molecule has 0 radical (unpaired) electrons. The van der Waals surface area contributed by atoms with Gasteiger partial charge in [0.25, 0.3) is 0 Å². The minimum atomic E-state index is 0.777. The van der Waals surface area contributed by atoms with Gasteiger partial charge in [0, 0.05) is 0 Å². The molecule has 0 amide bonds. The summed E-state index contributed by atoms with van der Waals surface area (Å²) < 4.78 is 0. The zero-order valence-corrected chi connectivity index (χ0v) is 7.88. The summed E-state index contributed by atoms with van der Waals surface area (Å²) in [6, 6.07) is 8.11. The molecule has 0 aliphatic rings. The minimum Gasteiger partial charge on any atom is -0.192 e. The number of nitrogens with zero attached hydrogens (tertiary/aromatic N) is 1. The van der Waals surface area contributed by atoms with Crippen LogP contribution in [-0.4, -0.2) is 0 Å². The van der Waals surface area contributed by atoms with Crippen molar-refractivity contribution in [1.29, 1.82) is 5.26 Å². The summed E-state index contributed by atoms with van der Waals surface area (Å²) in [6.07, 6.45) is 3.80. The van der Waals surface area contributed by atoms with Crippen molar-refractivity contribution in [2.75, 3.05) is 0 Å². The maximum absolute atomic E-state index is 8.88. The van der Waals surface area contributed by atoms with E-state index in [0.29, 0.717) is 0 Å². The van der Waals surface area contributed by atoms with Gasteiger partial charge in [-0.05, 0) is 23.6 Å². The summed E-state index contributed by atoms with van der Waals surface area (Å²) in [4.78, 5) is 0. The van der Waals surface area contributed by atoms with Gasteiger partial charge >= 0.3 is 0 Å². The van der Waals surface area contributed by atoms with Crippen LogP contribution in [0.2, 0.25) is 0 Å². The zero-order chi connectivity index (χ0) is 9.68. The van der Waals surface area contributed by atoms with Crippen molar-refractivity contribution in [3.63, 3.8) is 0 Å². The highest BCUT2D eigenvalue weighted by atomic mass is 14.2. The third-order valence-electron chi connectivity index (χ3n) is 2.01. The molecular weight excluding hydrogens is 158 g/mol. The smallest absolute Gasteiger partial charge is 0.0994 e. The SMILES string of the molecule is C=Cc1ccc(CCC)c(C#N)c1. The summed E-state index contributed by atoms with van der Waals surface area (Å²) >= 11 is 0. The Morgan fingerprint density at radius 3 is 2.85 bits per heavy atom. The molecule has 0 unspecified atom stereocenters. The van der Waals surface area contributed by atoms with Crippen molar-refractivity contribution >= 4 is 6.08 Å². The maximum atomic E-state index is 8.88. The summed E-state index contributed by atoms with van der Waals surface area (Å²) in [5.74, 6) is 0. The number of benzene rings is 1. The number of hydrogen-bond donors (Lipinski definition) is 0. The minimum absolute atomic E-state index is 0.777. The standard InChI is InChI=1S/C12H13N/c1-3-5-11-7-6-10(4-2)8-12(11)9-13/h4,6-8H,2-3,5H2,1H3. The number of nitriles is 1. The first kappa shape index (κ1) is 9.54. The molecule has 0 saturated heterocycles. The van der Waals surface area contributed by atoms with Crippen molar-refractivity contribution < 1.29 is 0 Å². The molecule has 0 aliphatic carbocycles. The predicted octanol–water partition coefficient (Wildman–Crippen LogP) is 3.15. The molecule has 0 fully saturated rings. The second-order valence-electron chi connectivity index (χ2n) is 2.98. The Morgan fingerprint density at radius 2 is 2.31 bits per heavy atom. The van der Waals surface area contributed by atoms with E-state index in [1.807, 2.05) is 18.2 Å². The quantitative estimate of drug-likeness (QED) is 0.685. The fourth-order valence-corrected chi connectivity index (χ4v) is 1.31. The van der Waals surface area contributed by atoms with E-state index in [1.54, 1.807) is 6.08 Å². The molecule has 0 bridgehead atoms. The highest BCUT2D eigenvalue weighted by Crippen LogP contribution is 2.13. The molecule has 0 atom stereocenters. The van der Waals surface area contributed by atoms with Gasteiger partial charge in [-0.15, -0.1) is 0 Å². The molecule has 1 aromatic rings. The average molecular weight is 171 g/mol. The lowest BCUT2D eigenvalue weighted by molar-refractivity contribution is 0.918. The van der Waals surface area contributed by atoms with Crippen LogP contribution >= 0.6 is 0 Å². The first-order valence-corrected chi connectivity index (χ1v) is 4.47. The van der Waals surface area contributed by atoms with Gasteiger partial charge in [-0.25, -0.2) is 0 Å². The summed E-state index contributed by atoms with van der Waals surface area (Å²) in [5.41, 5.74) is 2.92. The Labute approximate surface area is 79.3 Å². The molecule has 0 spiro atoms. The van der Waals surface area contributed by atoms with E-state index in [1.165, 1.54) is 0 Å². The van der Waals surface area contributed by atoms with Crippen LogP contribution in [0.3, 0.4) is 0 Å². The lowest BCUT2D eigenvalue weighted by atomic mass is 10.0. The van der Waals surface area contributed by atoms with Gasteiger partial charge in [0.15, 0.2) is 0 Å². The summed E-state index contributed by atoms with van der Waals surface area (Å²) in [7, 11) is 0. The molecule has 1 heteroatoms. The van der Waals surface area contributed by atoms with Crippen LogP contribution in [-0.2, 0) is 6.42 Å². The monoisotopic (exact) mass is 171 g/mol. The van der Waals surface area contributed by atoms with Crippen LogP contribution in [0.25, 0.3) is 6.08 Å². The molecule has 13 heavy (non-hydrogen) atoms. The number of rotatable bonds is 3. The molecule has 1 rings (SSSR count). The van der Waals surface area contributed by atoms with Crippen molar-refractivity contribution in [3.8, 4) is 6.07 Å². The van der Waals surface area contributed by atoms with Crippen molar-refractivity contribution in [2.45, 2.75) is 19.8 Å². The first-order chi connectivity index (χ1) is 6.31. The van der Waals surface area contributed by atoms with E-state index in [4.69, 9.17) is 5.26 Å². The predicted molar refractivity (Wildman–Crippen MR) is 55.2 cm³/mol. The second kappa shape index (κ2) is 4.47. The van der Waals surface area contributed by atoms with Crippen LogP contribution in [0.15, 0.2) is 24.8 Å². The van der Waals surface area contributed by atoms with E-state index in [9.17, 15) is 0 Å². The fourth-order valence-electron chi connectivity index (χ4n) is 1.31. The van der Waals surface area contributed by atoms with Crippen LogP contribution in [0.5, 0.6) is 0 Å². The summed E-state index contributed by atoms with van der Waals surface area (Å²) in [6.45, 7) is 5.79. The lowest BCUT2D eigenvalue weighted by Gasteiger charge is -2.02. The molecule has 0 aliphatic heterocycles. The van der Waals surface area contributed by atoms with Crippen LogP contribution in [0, 0.1) is 11.3 Å². The lowest BCUT2D eigenvalue weighted by Crippen LogP contribution is -1.89. The van der Waals surface area contributed by atoms with Crippen molar-refractivity contribution in [2.24, 2.45) is 0 Å². The van der Waals surface area contributed by atoms with Crippen LogP contribution < -0.4 is 0 Å². The summed E-state index contributed by atoms with van der Waals surface area (Å²) in [5, 5.41) is 8.88.